The second-order valence-corrected chi connectivity index (χ2v) is 3.89. The van der Waals surface area contributed by atoms with Gasteiger partial charge in [-0.3, -0.25) is 4.79 Å². The van der Waals surface area contributed by atoms with Gasteiger partial charge >= 0.3 is 0 Å². The Morgan fingerprint density at radius 3 is 2.94 bits per heavy atom. The first-order valence-electron chi connectivity index (χ1n) is 5.37. The molecule has 1 unspecified atom stereocenters. The van der Waals surface area contributed by atoms with E-state index in [1.165, 1.54) is 0 Å². The van der Waals surface area contributed by atoms with E-state index in [0.29, 0.717) is 30.6 Å². The summed E-state index contributed by atoms with van der Waals surface area (Å²) in [6.45, 7) is 4.65. The van der Waals surface area contributed by atoms with E-state index in [1.807, 2.05) is 6.92 Å². The van der Waals surface area contributed by atoms with Crippen molar-refractivity contribution in [2.24, 2.45) is 11.7 Å². The molecule has 0 aliphatic carbocycles. The van der Waals surface area contributed by atoms with Crippen molar-refractivity contribution in [3.8, 4) is 0 Å². The first-order valence-corrected chi connectivity index (χ1v) is 5.37. The Hall–Kier alpha value is -1.43. The van der Waals surface area contributed by atoms with E-state index in [4.69, 9.17) is 10.3 Å². The zero-order valence-electron chi connectivity index (χ0n) is 9.69. The average molecular weight is 226 g/mol. The second-order valence-electron chi connectivity index (χ2n) is 3.89. The highest BCUT2D eigenvalue weighted by Crippen LogP contribution is 2.03. The van der Waals surface area contributed by atoms with Gasteiger partial charge in [0.05, 0.1) is 6.54 Å². The van der Waals surface area contributed by atoms with E-state index in [-0.39, 0.29) is 12.5 Å². The van der Waals surface area contributed by atoms with Crippen LogP contribution in [0.1, 0.15) is 31.5 Å². The maximum Gasteiger partial charge on any atom is 0.246 e. The molecule has 6 heteroatoms. The molecule has 6 nitrogen and oxygen atoms in total. The summed E-state index contributed by atoms with van der Waals surface area (Å²) in [6.07, 6.45) is 1.27. The number of aryl methyl sites for hydroxylation is 1. The molecule has 1 amide bonds. The van der Waals surface area contributed by atoms with E-state index >= 15 is 0 Å². The molecule has 0 spiro atoms. The van der Waals surface area contributed by atoms with Gasteiger partial charge in [-0.2, -0.15) is 4.98 Å². The minimum Gasteiger partial charge on any atom is -0.347 e. The van der Waals surface area contributed by atoms with Crippen LogP contribution >= 0.6 is 0 Å². The van der Waals surface area contributed by atoms with Crippen LogP contribution in [0.25, 0.3) is 0 Å². The number of nitrogens with zero attached hydrogens (tertiary/aromatic N) is 2. The van der Waals surface area contributed by atoms with Crippen molar-refractivity contribution < 1.29 is 9.32 Å². The van der Waals surface area contributed by atoms with E-state index in [2.05, 4.69) is 15.5 Å². The van der Waals surface area contributed by atoms with Crippen molar-refractivity contribution in [1.82, 2.24) is 15.5 Å². The quantitative estimate of drug-likeness (QED) is 0.730. The average Bonchev–Trinajstić information content (AvgIpc) is 2.69. The number of hydrogen-bond donors (Lipinski definition) is 2. The van der Waals surface area contributed by atoms with Gasteiger partial charge in [0.1, 0.15) is 0 Å². The summed E-state index contributed by atoms with van der Waals surface area (Å²) >= 11 is 0. The molecule has 16 heavy (non-hydrogen) atoms. The van der Waals surface area contributed by atoms with Gasteiger partial charge in [-0.25, -0.2) is 0 Å². The number of hydrogen-bond acceptors (Lipinski definition) is 5. The fourth-order valence-corrected chi connectivity index (χ4v) is 1.17. The zero-order valence-corrected chi connectivity index (χ0v) is 9.69. The molecule has 1 rings (SSSR count). The van der Waals surface area contributed by atoms with Gasteiger partial charge in [0.15, 0.2) is 5.82 Å². The number of rotatable bonds is 6. The van der Waals surface area contributed by atoms with Crippen LogP contribution < -0.4 is 11.1 Å². The molecule has 1 atom stereocenters. The lowest BCUT2D eigenvalue weighted by molar-refractivity contribution is -0.121. The molecule has 0 saturated heterocycles. The van der Waals surface area contributed by atoms with Gasteiger partial charge in [0.25, 0.3) is 0 Å². The van der Waals surface area contributed by atoms with Gasteiger partial charge in [-0.1, -0.05) is 12.1 Å². The topological polar surface area (TPSA) is 94.0 Å². The lowest BCUT2D eigenvalue weighted by atomic mass is 10.1. The molecule has 0 bridgehead atoms. The fourth-order valence-electron chi connectivity index (χ4n) is 1.17. The van der Waals surface area contributed by atoms with Gasteiger partial charge in [-0.05, 0) is 25.8 Å². The summed E-state index contributed by atoms with van der Waals surface area (Å²) in [5.74, 6) is 1.35. The first kappa shape index (κ1) is 12.6. The van der Waals surface area contributed by atoms with Gasteiger partial charge in [0.2, 0.25) is 11.8 Å². The molecule has 0 aromatic carbocycles. The van der Waals surface area contributed by atoms with Crippen molar-refractivity contribution in [2.45, 2.75) is 33.2 Å². The van der Waals surface area contributed by atoms with E-state index in [1.54, 1.807) is 6.92 Å². The van der Waals surface area contributed by atoms with Crippen LogP contribution in [0, 0.1) is 12.8 Å². The van der Waals surface area contributed by atoms with Gasteiger partial charge in [0, 0.05) is 6.42 Å². The van der Waals surface area contributed by atoms with Crippen LogP contribution in [-0.2, 0) is 11.3 Å². The Bertz CT molecular complexity index is 337. The Kier molecular flexibility index (Phi) is 4.91. The van der Waals surface area contributed by atoms with Crippen molar-refractivity contribution in [1.29, 1.82) is 0 Å². The minimum absolute atomic E-state index is 0.0175. The lowest BCUT2D eigenvalue weighted by Crippen LogP contribution is -2.24. The normalized spacial score (nSPS) is 12.4. The number of aromatic nitrogens is 2. The maximum absolute atomic E-state index is 11.4. The van der Waals surface area contributed by atoms with Crippen LogP contribution in [0.4, 0.5) is 0 Å². The van der Waals surface area contributed by atoms with Gasteiger partial charge in [-0.15, -0.1) is 0 Å². The molecular formula is C10H18N4O2. The summed E-state index contributed by atoms with van der Waals surface area (Å²) in [7, 11) is 0. The molecule has 90 valence electrons. The van der Waals surface area contributed by atoms with Crippen LogP contribution in [0.2, 0.25) is 0 Å². The molecule has 0 radical (unpaired) electrons. The number of carbonyl (C=O) groups excluding carboxylic acids is 1. The Balaban J connectivity index is 2.20. The number of amides is 1. The highest BCUT2D eigenvalue weighted by molar-refractivity contribution is 5.75. The predicted molar refractivity (Wildman–Crippen MR) is 58.3 cm³/mol. The number of nitrogens with two attached hydrogens (primary N) is 1. The molecule has 0 aliphatic rings. The molecule has 0 aliphatic heterocycles. The Morgan fingerprint density at radius 2 is 2.38 bits per heavy atom. The van der Waals surface area contributed by atoms with E-state index < -0.39 is 0 Å². The standard InChI is InChI=1S/C10H18N4O2/c1-7(5-11)3-4-9(15)12-6-10-13-8(2)14-16-10/h7H,3-6,11H2,1-2H3,(H,12,15). The monoisotopic (exact) mass is 226 g/mol. The smallest absolute Gasteiger partial charge is 0.246 e. The van der Waals surface area contributed by atoms with Crippen LogP contribution in [-0.4, -0.2) is 22.6 Å². The SMILES string of the molecule is Cc1noc(CNC(=O)CCC(C)CN)n1. The third-order valence-electron chi connectivity index (χ3n) is 2.27. The predicted octanol–water partition coefficient (Wildman–Crippen LogP) is 0.369. The molecule has 1 aromatic heterocycles. The van der Waals surface area contributed by atoms with Crippen molar-refractivity contribution >= 4 is 5.91 Å². The Morgan fingerprint density at radius 1 is 1.62 bits per heavy atom. The van der Waals surface area contributed by atoms with Crippen molar-refractivity contribution in [3.63, 3.8) is 0 Å². The molecule has 1 heterocycles. The summed E-state index contributed by atoms with van der Waals surface area (Å²) in [5.41, 5.74) is 5.46. The van der Waals surface area contributed by atoms with Crippen LogP contribution in [0.15, 0.2) is 4.52 Å². The summed E-state index contributed by atoms with van der Waals surface area (Å²) in [4.78, 5) is 15.4. The molecule has 3 N–H and O–H groups in total. The molecular weight excluding hydrogens is 208 g/mol. The first-order chi connectivity index (χ1) is 7.61. The molecule has 1 aromatic rings. The highest BCUT2D eigenvalue weighted by Gasteiger charge is 2.07. The van der Waals surface area contributed by atoms with Crippen molar-refractivity contribution in [2.75, 3.05) is 6.54 Å². The third kappa shape index (κ3) is 4.39. The maximum atomic E-state index is 11.4. The zero-order chi connectivity index (χ0) is 12.0. The fraction of sp³-hybridized carbons (Fsp3) is 0.700. The summed E-state index contributed by atoms with van der Waals surface area (Å²) in [5, 5.41) is 6.34. The molecule has 0 fully saturated rings. The summed E-state index contributed by atoms with van der Waals surface area (Å²) in [6, 6.07) is 0. The van der Waals surface area contributed by atoms with Crippen molar-refractivity contribution in [3.05, 3.63) is 11.7 Å². The number of carbonyl (C=O) groups is 1. The van der Waals surface area contributed by atoms with E-state index in [9.17, 15) is 4.79 Å². The third-order valence-corrected chi connectivity index (χ3v) is 2.27. The van der Waals surface area contributed by atoms with Gasteiger partial charge < -0.3 is 15.6 Å². The largest absolute Gasteiger partial charge is 0.347 e. The van der Waals surface area contributed by atoms with E-state index in [0.717, 1.165) is 6.42 Å². The summed E-state index contributed by atoms with van der Waals surface area (Å²) < 4.78 is 4.87. The molecule has 0 saturated carbocycles. The highest BCUT2D eigenvalue weighted by atomic mass is 16.5. The second kappa shape index (κ2) is 6.22. The Labute approximate surface area is 94.6 Å². The number of nitrogens with one attached hydrogen (secondary N) is 1. The minimum atomic E-state index is -0.0175. The van der Waals surface area contributed by atoms with Crippen LogP contribution in [0.3, 0.4) is 0 Å². The lowest BCUT2D eigenvalue weighted by Gasteiger charge is -2.07. The van der Waals surface area contributed by atoms with Crippen LogP contribution in [0.5, 0.6) is 0 Å².